The molecule has 1 aliphatic carbocycles. The Hall–Kier alpha value is -1.10. The van der Waals surface area contributed by atoms with E-state index in [0.717, 1.165) is 32.7 Å². The molecule has 0 spiro atoms. The zero-order valence-electron chi connectivity index (χ0n) is 13.9. The Balaban J connectivity index is 1.34. The van der Waals surface area contributed by atoms with Gasteiger partial charge in [-0.05, 0) is 62.5 Å². The lowest BCUT2D eigenvalue weighted by Gasteiger charge is -2.34. The Labute approximate surface area is 139 Å². The summed E-state index contributed by atoms with van der Waals surface area (Å²) in [6, 6.07) is 6.78. The van der Waals surface area contributed by atoms with E-state index in [1.54, 1.807) is 0 Å². The van der Waals surface area contributed by atoms with E-state index in [2.05, 4.69) is 15.9 Å². The highest BCUT2D eigenvalue weighted by Crippen LogP contribution is 2.43. The van der Waals surface area contributed by atoms with Gasteiger partial charge >= 0.3 is 0 Å². The molecule has 0 radical (unpaired) electrons. The maximum absolute atomic E-state index is 10.1. The highest BCUT2D eigenvalue weighted by molar-refractivity contribution is 5.44. The number of nitrogens with zero attached hydrogens (tertiary/aromatic N) is 2. The lowest BCUT2D eigenvalue weighted by atomic mass is 9.79. The Bertz CT molecular complexity index is 542. The zero-order chi connectivity index (χ0) is 15.6. The van der Waals surface area contributed by atoms with Crippen LogP contribution in [0.3, 0.4) is 0 Å². The van der Waals surface area contributed by atoms with Gasteiger partial charge in [0.05, 0.1) is 13.2 Å². The van der Waals surface area contributed by atoms with Gasteiger partial charge in [-0.15, -0.1) is 0 Å². The first-order valence-corrected chi connectivity index (χ1v) is 9.18. The smallest absolute Gasteiger partial charge is 0.119 e. The highest BCUT2D eigenvalue weighted by atomic mass is 16.5. The molecule has 23 heavy (non-hydrogen) atoms. The largest absolute Gasteiger partial charge is 0.508 e. The van der Waals surface area contributed by atoms with Gasteiger partial charge in [-0.3, -0.25) is 9.80 Å². The zero-order valence-corrected chi connectivity index (χ0v) is 13.9. The third-order valence-electron chi connectivity index (χ3n) is 5.96. The average Bonchev–Trinajstić information content (AvgIpc) is 3.00. The van der Waals surface area contributed by atoms with Crippen molar-refractivity contribution in [3.63, 3.8) is 0 Å². The lowest BCUT2D eigenvalue weighted by Crippen LogP contribution is -2.40. The number of benzene rings is 1. The van der Waals surface area contributed by atoms with Crippen LogP contribution in [0.5, 0.6) is 5.75 Å². The summed E-state index contributed by atoms with van der Waals surface area (Å²) in [6.07, 6.45) is 4.74. The summed E-state index contributed by atoms with van der Waals surface area (Å²) in [5.41, 5.74) is 2.63. The second-order valence-electron chi connectivity index (χ2n) is 7.19. The molecule has 2 heterocycles. The normalized spacial score (nSPS) is 28.5. The van der Waals surface area contributed by atoms with Crippen molar-refractivity contribution in [2.45, 2.75) is 37.6 Å². The quantitative estimate of drug-likeness (QED) is 0.924. The molecule has 0 amide bonds. The standard InChI is InChI=1S/C19H28N2O2/c22-19-4-1-3-15-16-7-10-21(18(16)6-5-17(15)19)9-2-8-20-11-13-23-14-12-20/h1,3-4,16,18,22H,2,5-14H2/t16-,18+/m0/s1. The van der Waals surface area contributed by atoms with Crippen molar-refractivity contribution < 1.29 is 9.84 Å². The van der Waals surface area contributed by atoms with E-state index in [9.17, 15) is 5.11 Å². The third kappa shape index (κ3) is 3.12. The fourth-order valence-electron chi connectivity index (χ4n) is 4.77. The number of aromatic hydroxyl groups is 1. The number of fused-ring (bicyclic) bond motifs is 3. The number of phenols is 1. The van der Waals surface area contributed by atoms with Crippen LogP contribution in [0, 0.1) is 0 Å². The minimum absolute atomic E-state index is 0.506. The summed E-state index contributed by atoms with van der Waals surface area (Å²) in [6.45, 7) is 7.62. The molecule has 0 saturated carbocycles. The predicted octanol–water partition coefficient (Wildman–Crippen LogP) is 2.22. The van der Waals surface area contributed by atoms with Crippen molar-refractivity contribution in [2.24, 2.45) is 0 Å². The summed E-state index contributed by atoms with van der Waals surface area (Å²) >= 11 is 0. The molecule has 0 unspecified atom stereocenters. The molecule has 4 nitrogen and oxygen atoms in total. The van der Waals surface area contributed by atoms with Gasteiger partial charge in [0.25, 0.3) is 0 Å². The van der Waals surface area contributed by atoms with Crippen LogP contribution in [-0.2, 0) is 11.2 Å². The number of hydrogen-bond acceptors (Lipinski definition) is 4. The second kappa shape index (κ2) is 6.80. The van der Waals surface area contributed by atoms with Crippen LogP contribution >= 0.6 is 0 Å². The van der Waals surface area contributed by atoms with E-state index in [4.69, 9.17) is 4.74 Å². The van der Waals surface area contributed by atoms with Crippen LogP contribution in [-0.4, -0.2) is 66.9 Å². The van der Waals surface area contributed by atoms with E-state index in [-0.39, 0.29) is 0 Å². The maximum atomic E-state index is 10.1. The molecule has 0 bridgehead atoms. The van der Waals surface area contributed by atoms with Crippen molar-refractivity contribution in [3.8, 4) is 5.75 Å². The fraction of sp³-hybridized carbons (Fsp3) is 0.684. The van der Waals surface area contributed by atoms with Crippen molar-refractivity contribution in [1.29, 1.82) is 0 Å². The minimum atomic E-state index is 0.506. The van der Waals surface area contributed by atoms with Gasteiger partial charge in [0, 0.05) is 25.0 Å². The molecule has 4 heteroatoms. The van der Waals surface area contributed by atoms with E-state index >= 15 is 0 Å². The number of rotatable bonds is 4. The number of hydrogen-bond donors (Lipinski definition) is 1. The van der Waals surface area contributed by atoms with Crippen LogP contribution in [0.15, 0.2) is 18.2 Å². The van der Waals surface area contributed by atoms with E-state index in [0.29, 0.717) is 17.7 Å². The van der Waals surface area contributed by atoms with Crippen molar-refractivity contribution in [1.82, 2.24) is 9.80 Å². The number of ether oxygens (including phenoxy) is 1. The van der Waals surface area contributed by atoms with Crippen molar-refractivity contribution in [2.75, 3.05) is 45.9 Å². The monoisotopic (exact) mass is 316 g/mol. The molecule has 4 rings (SSSR count). The van der Waals surface area contributed by atoms with Gasteiger partial charge < -0.3 is 9.84 Å². The first-order chi connectivity index (χ1) is 11.3. The Morgan fingerprint density at radius 1 is 1.09 bits per heavy atom. The molecular weight excluding hydrogens is 288 g/mol. The number of phenolic OH excluding ortho intramolecular Hbond substituents is 1. The molecule has 3 aliphatic rings. The third-order valence-corrected chi connectivity index (χ3v) is 5.96. The Morgan fingerprint density at radius 2 is 1.96 bits per heavy atom. The molecule has 2 atom stereocenters. The topological polar surface area (TPSA) is 35.9 Å². The van der Waals surface area contributed by atoms with Crippen molar-refractivity contribution in [3.05, 3.63) is 29.3 Å². The molecule has 1 aromatic carbocycles. The number of likely N-dealkylation sites (tertiary alicyclic amines) is 1. The van der Waals surface area contributed by atoms with Gasteiger partial charge in [-0.1, -0.05) is 12.1 Å². The van der Waals surface area contributed by atoms with Gasteiger partial charge in [0.15, 0.2) is 0 Å². The first kappa shape index (κ1) is 15.4. The SMILES string of the molecule is Oc1cccc2c1CC[C@@H]1[C@H]2CCN1CCCN1CCOCC1. The van der Waals surface area contributed by atoms with Crippen LogP contribution < -0.4 is 0 Å². The Kier molecular flexibility index (Phi) is 4.56. The Morgan fingerprint density at radius 3 is 2.83 bits per heavy atom. The lowest BCUT2D eigenvalue weighted by molar-refractivity contribution is 0.0358. The van der Waals surface area contributed by atoms with Gasteiger partial charge in [-0.25, -0.2) is 0 Å². The van der Waals surface area contributed by atoms with Crippen LogP contribution in [0.1, 0.15) is 36.3 Å². The average molecular weight is 316 g/mol. The fourth-order valence-corrected chi connectivity index (χ4v) is 4.77. The molecule has 0 aromatic heterocycles. The molecule has 1 N–H and O–H groups in total. The molecule has 126 valence electrons. The molecule has 2 fully saturated rings. The van der Waals surface area contributed by atoms with Crippen LogP contribution in [0.4, 0.5) is 0 Å². The molecular formula is C19H28N2O2. The first-order valence-electron chi connectivity index (χ1n) is 9.18. The van der Waals surface area contributed by atoms with E-state index < -0.39 is 0 Å². The van der Waals surface area contributed by atoms with Gasteiger partial charge in [-0.2, -0.15) is 0 Å². The summed E-state index contributed by atoms with van der Waals surface area (Å²) < 4.78 is 5.42. The second-order valence-corrected chi connectivity index (χ2v) is 7.19. The highest BCUT2D eigenvalue weighted by Gasteiger charge is 2.38. The minimum Gasteiger partial charge on any atom is -0.508 e. The maximum Gasteiger partial charge on any atom is 0.119 e. The number of morpholine rings is 1. The van der Waals surface area contributed by atoms with Crippen LogP contribution in [0.2, 0.25) is 0 Å². The van der Waals surface area contributed by atoms with Gasteiger partial charge in [0.1, 0.15) is 5.75 Å². The van der Waals surface area contributed by atoms with E-state index in [1.807, 2.05) is 12.1 Å². The molecule has 2 aliphatic heterocycles. The predicted molar refractivity (Wildman–Crippen MR) is 91.0 cm³/mol. The van der Waals surface area contributed by atoms with E-state index in [1.165, 1.54) is 50.0 Å². The molecule has 1 aromatic rings. The summed E-state index contributed by atoms with van der Waals surface area (Å²) in [4.78, 5) is 5.24. The van der Waals surface area contributed by atoms with Gasteiger partial charge in [0.2, 0.25) is 0 Å². The molecule has 2 saturated heterocycles. The van der Waals surface area contributed by atoms with Crippen LogP contribution in [0.25, 0.3) is 0 Å². The summed E-state index contributed by atoms with van der Waals surface area (Å²) in [7, 11) is 0. The van der Waals surface area contributed by atoms with Crippen molar-refractivity contribution >= 4 is 0 Å². The summed E-state index contributed by atoms with van der Waals surface area (Å²) in [5, 5.41) is 10.1. The summed E-state index contributed by atoms with van der Waals surface area (Å²) in [5.74, 6) is 1.14.